The summed E-state index contributed by atoms with van der Waals surface area (Å²) in [5.41, 5.74) is -0.894. The van der Waals surface area contributed by atoms with Crippen LogP contribution >= 0.6 is 11.8 Å². The van der Waals surface area contributed by atoms with Crippen molar-refractivity contribution in [2.24, 2.45) is 17.3 Å². The highest BCUT2D eigenvalue weighted by molar-refractivity contribution is 7.99. The van der Waals surface area contributed by atoms with Crippen LogP contribution in [0.1, 0.15) is 86.5 Å². The molecular formula is C35H57N5O4S. The Hall–Kier alpha value is -2.14. The molecule has 1 heterocycles. The first-order valence-corrected chi connectivity index (χ1v) is 17.9. The Kier molecular flexibility index (Phi) is 12.4. The van der Waals surface area contributed by atoms with Crippen molar-refractivity contribution in [1.29, 1.82) is 0 Å². The molecule has 9 nitrogen and oxygen atoms in total. The molecular weight excluding hydrogens is 586 g/mol. The zero-order valence-corrected chi connectivity index (χ0v) is 29.1. The van der Waals surface area contributed by atoms with E-state index in [4.69, 9.17) is 0 Å². The van der Waals surface area contributed by atoms with Crippen LogP contribution in [0.25, 0.3) is 0 Å². The quantitative estimate of drug-likeness (QED) is 0.208. The average molecular weight is 644 g/mol. The summed E-state index contributed by atoms with van der Waals surface area (Å²) in [6, 6.07) is 8.64. The van der Waals surface area contributed by atoms with Crippen molar-refractivity contribution >= 4 is 29.5 Å². The van der Waals surface area contributed by atoms with Crippen molar-refractivity contribution in [2.45, 2.75) is 127 Å². The lowest BCUT2D eigenvalue weighted by atomic mass is 9.72. The number of carbonyl (C=O) groups excluding carboxylic acids is 3. The molecule has 45 heavy (non-hydrogen) atoms. The summed E-state index contributed by atoms with van der Waals surface area (Å²) in [6.45, 7) is 13.0. The first-order valence-electron chi connectivity index (χ1n) is 16.9. The number of carbonyl (C=O) groups is 3. The summed E-state index contributed by atoms with van der Waals surface area (Å²) >= 11 is 1.58. The number of hydrogen-bond acceptors (Lipinski definition) is 7. The van der Waals surface area contributed by atoms with Crippen LogP contribution in [-0.2, 0) is 14.4 Å². The summed E-state index contributed by atoms with van der Waals surface area (Å²) in [7, 11) is 0. The number of piperidine rings is 1. The summed E-state index contributed by atoms with van der Waals surface area (Å²) in [6.07, 6.45) is 6.76. The second-order valence-electron chi connectivity index (χ2n) is 15.6. The van der Waals surface area contributed by atoms with Crippen molar-refractivity contribution < 1.29 is 19.5 Å². The molecule has 0 radical (unpaired) electrons. The van der Waals surface area contributed by atoms with Crippen LogP contribution in [0.4, 0.5) is 0 Å². The highest BCUT2D eigenvalue weighted by Crippen LogP contribution is 2.39. The lowest BCUT2D eigenvalue weighted by Gasteiger charge is -2.47. The Bertz CT molecular complexity index is 1130. The highest BCUT2D eigenvalue weighted by Gasteiger charge is 2.42. The number of aliphatic hydroxyl groups excluding tert-OH is 1. The Morgan fingerprint density at radius 2 is 1.62 bits per heavy atom. The van der Waals surface area contributed by atoms with Crippen molar-refractivity contribution in [3.63, 3.8) is 0 Å². The maximum absolute atomic E-state index is 13.9. The predicted molar refractivity (Wildman–Crippen MR) is 181 cm³/mol. The van der Waals surface area contributed by atoms with Gasteiger partial charge in [-0.3, -0.25) is 19.3 Å². The van der Waals surface area contributed by atoms with Crippen LogP contribution in [0.3, 0.4) is 0 Å². The zero-order valence-electron chi connectivity index (χ0n) is 28.2. The van der Waals surface area contributed by atoms with Gasteiger partial charge in [0.25, 0.3) is 0 Å². The first kappa shape index (κ1) is 35.7. The molecule has 1 aromatic carbocycles. The van der Waals surface area contributed by atoms with Gasteiger partial charge in [-0.2, -0.15) is 0 Å². The molecule has 1 saturated heterocycles. The highest BCUT2D eigenvalue weighted by atomic mass is 32.2. The van der Waals surface area contributed by atoms with Crippen LogP contribution in [0, 0.1) is 17.3 Å². The number of nitrogens with one attached hydrogen (secondary N) is 4. The van der Waals surface area contributed by atoms with E-state index in [1.54, 1.807) is 11.8 Å². The number of rotatable bonds is 13. The van der Waals surface area contributed by atoms with Crippen molar-refractivity contribution in [3.05, 3.63) is 30.3 Å². The van der Waals surface area contributed by atoms with Gasteiger partial charge in [-0.25, -0.2) is 0 Å². The number of aliphatic hydroxyl groups is 1. The number of β-amino-alcohol motifs (C(OH)–C–C–N with tert-alkyl or cyclic N) is 1. The van der Waals surface area contributed by atoms with Gasteiger partial charge in [0.1, 0.15) is 6.04 Å². The van der Waals surface area contributed by atoms with E-state index in [-0.39, 0.29) is 42.4 Å². The summed E-state index contributed by atoms with van der Waals surface area (Å²) in [5, 5.41) is 24.3. The second kappa shape index (κ2) is 15.6. The second-order valence-corrected chi connectivity index (χ2v) is 16.7. The van der Waals surface area contributed by atoms with Crippen LogP contribution < -0.4 is 21.3 Å². The van der Waals surface area contributed by atoms with Crippen molar-refractivity contribution in [2.75, 3.05) is 25.4 Å². The Labute approximate surface area is 274 Å². The fraction of sp³-hybridized carbons (Fsp3) is 0.743. The molecule has 6 atom stereocenters. The molecule has 5 N–H and O–H groups in total. The molecule has 252 valence electrons. The summed E-state index contributed by atoms with van der Waals surface area (Å²) in [4.78, 5) is 43.5. The number of likely N-dealkylation sites (tertiary alicyclic amines) is 1. The third-order valence-corrected chi connectivity index (χ3v) is 10.4. The zero-order chi connectivity index (χ0) is 32.8. The van der Waals surface area contributed by atoms with Gasteiger partial charge in [-0.15, -0.1) is 11.8 Å². The van der Waals surface area contributed by atoms with E-state index in [9.17, 15) is 19.5 Å². The minimum atomic E-state index is -0.914. The van der Waals surface area contributed by atoms with E-state index in [0.29, 0.717) is 23.6 Å². The molecule has 2 saturated carbocycles. The van der Waals surface area contributed by atoms with E-state index >= 15 is 0 Å². The van der Waals surface area contributed by atoms with Gasteiger partial charge in [0.15, 0.2) is 0 Å². The molecule has 3 amide bonds. The number of hydrogen-bond donors (Lipinski definition) is 5. The fourth-order valence-electron chi connectivity index (χ4n) is 6.62. The molecule has 4 rings (SSSR count). The van der Waals surface area contributed by atoms with Crippen LogP contribution in [0.15, 0.2) is 35.2 Å². The van der Waals surface area contributed by atoms with Crippen molar-refractivity contribution in [3.8, 4) is 0 Å². The molecule has 1 aliphatic heterocycles. The minimum absolute atomic E-state index is 0.00767. The largest absolute Gasteiger partial charge is 0.390 e. The summed E-state index contributed by atoms with van der Waals surface area (Å²) < 4.78 is 0. The number of nitrogens with zero attached hydrogens (tertiary/aromatic N) is 1. The monoisotopic (exact) mass is 643 g/mol. The SMILES string of the molecule is CC(C)(C)NC(=O)C1CC2CCCCC2CN1CC(O)C(CSc1ccccc1)NC(=O)C(NC(=O)CNC1CC1)C(C)(C)C. The Morgan fingerprint density at radius 1 is 0.956 bits per heavy atom. The van der Waals surface area contributed by atoms with Gasteiger partial charge < -0.3 is 26.4 Å². The number of benzene rings is 1. The molecule has 0 bridgehead atoms. The standard InChI is InChI=1S/C35H57N5O4S/c1-34(2,3)31(38-30(42)19-36-25-16-17-25)33(44)37-27(22-45-26-14-8-7-9-15-26)29(41)21-40-20-24-13-11-10-12-23(24)18-28(40)32(43)39-35(4,5)6/h7-9,14-15,23-25,27-29,31,36,41H,10-13,16-22H2,1-6H3,(H,37,44)(H,38,42)(H,39,43). The molecule has 0 aromatic heterocycles. The molecule has 6 unspecified atom stereocenters. The first-order chi connectivity index (χ1) is 21.2. The maximum atomic E-state index is 13.9. The third-order valence-electron chi connectivity index (χ3n) is 9.25. The molecule has 3 fully saturated rings. The smallest absolute Gasteiger partial charge is 0.243 e. The van der Waals surface area contributed by atoms with E-state index in [1.807, 2.05) is 71.9 Å². The predicted octanol–water partition coefficient (Wildman–Crippen LogP) is 3.70. The summed E-state index contributed by atoms with van der Waals surface area (Å²) in [5.74, 6) is 0.972. The third kappa shape index (κ3) is 11.3. The van der Waals surface area contributed by atoms with Gasteiger partial charge in [0.05, 0.1) is 24.7 Å². The van der Waals surface area contributed by atoms with E-state index < -0.39 is 23.6 Å². The normalized spacial score (nSPS) is 24.6. The number of fused-ring (bicyclic) bond motifs is 1. The topological polar surface area (TPSA) is 123 Å². The Morgan fingerprint density at radius 3 is 2.24 bits per heavy atom. The maximum Gasteiger partial charge on any atom is 0.243 e. The van der Waals surface area contributed by atoms with E-state index in [0.717, 1.165) is 43.5 Å². The van der Waals surface area contributed by atoms with Crippen LogP contribution in [0.5, 0.6) is 0 Å². The van der Waals surface area contributed by atoms with E-state index in [2.05, 4.69) is 26.2 Å². The van der Waals surface area contributed by atoms with Gasteiger partial charge in [-0.05, 0) is 75.8 Å². The molecule has 2 aliphatic carbocycles. The lowest BCUT2D eigenvalue weighted by molar-refractivity contribution is -0.134. The molecule has 1 aromatic rings. The molecule has 0 spiro atoms. The van der Waals surface area contributed by atoms with Gasteiger partial charge in [0.2, 0.25) is 17.7 Å². The van der Waals surface area contributed by atoms with Crippen LogP contribution in [-0.4, -0.2) is 88.9 Å². The van der Waals surface area contributed by atoms with Crippen molar-refractivity contribution in [1.82, 2.24) is 26.2 Å². The molecule has 3 aliphatic rings. The van der Waals surface area contributed by atoms with Gasteiger partial charge in [-0.1, -0.05) is 58.2 Å². The van der Waals surface area contributed by atoms with Gasteiger partial charge in [0, 0.05) is 35.3 Å². The van der Waals surface area contributed by atoms with Gasteiger partial charge >= 0.3 is 0 Å². The molecule has 10 heteroatoms. The lowest BCUT2D eigenvalue weighted by Crippen LogP contribution is -2.62. The number of amides is 3. The van der Waals surface area contributed by atoms with Crippen LogP contribution in [0.2, 0.25) is 0 Å². The fourth-order valence-corrected chi connectivity index (χ4v) is 7.65. The number of thioether (sulfide) groups is 1. The average Bonchev–Trinajstić information content (AvgIpc) is 3.80. The minimum Gasteiger partial charge on any atom is -0.390 e. The Balaban J connectivity index is 1.50. The van der Waals surface area contributed by atoms with E-state index in [1.165, 1.54) is 12.8 Å².